The molecule has 0 aliphatic carbocycles. The number of aromatic amines is 1. The summed E-state index contributed by atoms with van der Waals surface area (Å²) in [6.07, 6.45) is 2.34. The molecule has 0 spiro atoms. The molecular weight excluding hydrogens is 285 g/mol. The van der Waals surface area contributed by atoms with Gasteiger partial charge in [-0.2, -0.15) is 0 Å². The average Bonchev–Trinajstić information content (AvgIpc) is 3.06. The zero-order valence-corrected chi connectivity index (χ0v) is 12.6. The highest BCUT2D eigenvalue weighted by Crippen LogP contribution is 2.24. The van der Waals surface area contributed by atoms with Crippen molar-refractivity contribution in [1.82, 2.24) is 14.9 Å². The predicted octanol–water partition coefficient (Wildman–Crippen LogP) is 1.87. The van der Waals surface area contributed by atoms with Gasteiger partial charge in [0.15, 0.2) is 0 Å². The molecule has 1 aromatic heterocycles. The Morgan fingerprint density at radius 2 is 2.18 bits per heavy atom. The molecule has 0 bridgehead atoms. The molecule has 2 heterocycles. The van der Waals surface area contributed by atoms with E-state index in [2.05, 4.69) is 14.9 Å². The highest BCUT2D eigenvalue weighted by atomic mass is 19.1. The second-order valence-corrected chi connectivity index (χ2v) is 5.90. The Morgan fingerprint density at radius 3 is 2.86 bits per heavy atom. The quantitative estimate of drug-likeness (QED) is 0.885. The molecule has 2 aromatic rings. The number of aliphatic hydroxyl groups is 1. The second-order valence-electron chi connectivity index (χ2n) is 5.90. The van der Waals surface area contributed by atoms with Crippen LogP contribution >= 0.6 is 0 Å². The molecule has 1 unspecified atom stereocenters. The van der Waals surface area contributed by atoms with Crippen molar-refractivity contribution in [3.8, 4) is 5.75 Å². The van der Waals surface area contributed by atoms with E-state index in [-0.39, 0.29) is 12.4 Å². The number of nitrogens with zero attached hydrogens (tertiary/aromatic N) is 2. The van der Waals surface area contributed by atoms with Crippen LogP contribution in [0.3, 0.4) is 0 Å². The second kappa shape index (κ2) is 6.06. The SMILES string of the molecule is Cc1[nH]cnc1CN1CCC(O)(COc2ccc(F)cc2)C1. The Hall–Kier alpha value is -1.92. The molecule has 1 aliphatic heterocycles. The standard InChI is InChI=1S/C16H20FN3O2/c1-12-15(19-11-18-12)8-20-7-6-16(21,9-20)10-22-14-4-2-13(17)3-5-14/h2-5,11,21H,6-10H2,1H3,(H,18,19). The number of likely N-dealkylation sites (tertiary alicyclic amines) is 1. The van der Waals surface area contributed by atoms with Crippen molar-refractivity contribution in [3.63, 3.8) is 0 Å². The highest BCUT2D eigenvalue weighted by Gasteiger charge is 2.37. The molecule has 0 saturated carbocycles. The fourth-order valence-electron chi connectivity index (χ4n) is 2.70. The van der Waals surface area contributed by atoms with Crippen molar-refractivity contribution in [2.45, 2.75) is 25.5 Å². The number of rotatable bonds is 5. The Balaban J connectivity index is 1.54. The fraction of sp³-hybridized carbons (Fsp3) is 0.438. The first-order chi connectivity index (χ1) is 10.5. The maximum Gasteiger partial charge on any atom is 0.123 e. The molecule has 5 nitrogen and oxygen atoms in total. The van der Waals surface area contributed by atoms with Crippen LogP contribution in [0, 0.1) is 12.7 Å². The van der Waals surface area contributed by atoms with Gasteiger partial charge in [-0.25, -0.2) is 9.37 Å². The van der Waals surface area contributed by atoms with E-state index in [4.69, 9.17) is 4.74 Å². The van der Waals surface area contributed by atoms with Gasteiger partial charge in [-0.1, -0.05) is 0 Å². The summed E-state index contributed by atoms with van der Waals surface area (Å²) < 4.78 is 18.4. The van der Waals surface area contributed by atoms with Crippen LogP contribution in [0.1, 0.15) is 17.8 Å². The number of imidazole rings is 1. The van der Waals surface area contributed by atoms with Crippen LogP contribution in [0.15, 0.2) is 30.6 Å². The third kappa shape index (κ3) is 3.45. The molecule has 22 heavy (non-hydrogen) atoms. The first-order valence-electron chi connectivity index (χ1n) is 7.36. The van der Waals surface area contributed by atoms with Crippen molar-refractivity contribution in [1.29, 1.82) is 0 Å². The number of aromatic nitrogens is 2. The van der Waals surface area contributed by atoms with E-state index >= 15 is 0 Å². The largest absolute Gasteiger partial charge is 0.491 e. The van der Waals surface area contributed by atoms with Gasteiger partial charge in [0, 0.05) is 25.3 Å². The molecule has 3 rings (SSSR count). The minimum absolute atomic E-state index is 0.203. The normalized spacial score (nSPS) is 22.1. The molecule has 1 fully saturated rings. The van der Waals surface area contributed by atoms with Crippen LogP contribution < -0.4 is 4.74 Å². The van der Waals surface area contributed by atoms with Gasteiger partial charge in [0.2, 0.25) is 0 Å². The maximum absolute atomic E-state index is 12.8. The molecule has 2 N–H and O–H groups in total. The molecule has 1 saturated heterocycles. The smallest absolute Gasteiger partial charge is 0.123 e. The minimum atomic E-state index is -0.876. The lowest BCUT2D eigenvalue weighted by Crippen LogP contribution is -2.39. The number of β-amino-alcohol motifs (C(OH)–C–C–N with tert-alkyl or cyclic N) is 1. The first-order valence-corrected chi connectivity index (χ1v) is 7.36. The lowest BCUT2D eigenvalue weighted by Gasteiger charge is -2.23. The number of halogens is 1. The first kappa shape index (κ1) is 15.0. The van der Waals surface area contributed by atoms with Crippen molar-refractivity contribution in [2.75, 3.05) is 19.7 Å². The van der Waals surface area contributed by atoms with Crippen molar-refractivity contribution < 1.29 is 14.2 Å². The van der Waals surface area contributed by atoms with Gasteiger partial charge in [-0.3, -0.25) is 4.90 Å². The number of hydrogen-bond acceptors (Lipinski definition) is 4. The van der Waals surface area contributed by atoms with Crippen LogP contribution in [0.25, 0.3) is 0 Å². The van der Waals surface area contributed by atoms with Gasteiger partial charge in [-0.05, 0) is 37.6 Å². The van der Waals surface area contributed by atoms with Gasteiger partial charge in [0.25, 0.3) is 0 Å². The van der Waals surface area contributed by atoms with Crippen LogP contribution in [0.4, 0.5) is 4.39 Å². The van der Waals surface area contributed by atoms with Gasteiger partial charge < -0.3 is 14.8 Å². The van der Waals surface area contributed by atoms with Gasteiger partial charge >= 0.3 is 0 Å². The van der Waals surface area contributed by atoms with Gasteiger partial charge in [0.1, 0.15) is 23.8 Å². The molecule has 0 amide bonds. The summed E-state index contributed by atoms with van der Waals surface area (Å²) in [4.78, 5) is 9.51. The summed E-state index contributed by atoms with van der Waals surface area (Å²) in [6, 6.07) is 5.83. The molecule has 6 heteroatoms. The molecule has 1 aliphatic rings. The van der Waals surface area contributed by atoms with E-state index in [1.807, 2.05) is 6.92 Å². The van der Waals surface area contributed by atoms with Crippen molar-refractivity contribution >= 4 is 0 Å². The third-order valence-corrected chi connectivity index (χ3v) is 4.04. The number of H-pyrrole nitrogens is 1. The van der Waals surface area contributed by atoms with Crippen molar-refractivity contribution in [3.05, 3.63) is 47.8 Å². The van der Waals surface area contributed by atoms with E-state index in [9.17, 15) is 9.50 Å². The van der Waals surface area contributed by atoms with Crippen LogP contribution in [0.5, 0.6) is 5.75 Å². The zero-order chi connectivity index (χ0) is 15.6. The highest BCUT2D eigenvalue weighted by molar-refractivity contribution is 5.22. The van der Waals surface area contributed by atoms with E-state index in [1.54, 1.807) is 18.5 Å². The van der Waals surface area contributed by atoms with Gasteiger partial charge in [-0.15, -0.1) is 0 Å². The number of ether oxygens (including phenoxy) is 1. The van der Waals surface area contributed by atoms with E-state index in [1.165, 1.54) is 12.1 Å². The number of benzene rings is 1. The molecule has 1 aromatic carbocycles. The summed E-state index contributed by atoms with van der Waals surface area (Å²) in [5.41, 5.74) is 1.18. The summed E-state index contributed by atoms with van der Waals surface area (Å²) in [5.74, 6) is 0.267. The minimum Gasteiger partial charge on any atom is -0.491 e. The predicted molar refractivity (Wildman–Crippen MR) is 80.1 cm³/mol. The Labute approximate surface area is 128 Å². The van der Waals surface area contributed by atoms with E-state index < -0.39 is 5.60 Å². The van der Waals surface area contributed by atoms with Gasteiger partial charge in [0.05, 0.1) is 12.0 Å². The number of aryl methyl sites for hydroxylation is 1. The monoisotopic (exact) mass is 305 g/mol. The lowest BCUT2D eigenvalue weighted by atomic mass is 10.1. The number of hydrogen-bond donors (Lipinski definition) is 2. The molecule has 118 valence electrons. The summed E-state index contributed by atoms with van der Waals surface area (Å²) in [6.45, 7) is 4.25. The number of nitrogens with one attached hydrogen (secondary N) is 1. The summed E-state index contributed by atoms with van der Waals surface area (Å²) in [5, 5.41) is 10.6. The Morgan fingerprint density at radius 1 is 1.41 bits per heavy atom. The van der Waals surface area contributed by atoms with E-state index in [0.29, 0.717) is 25.3 Å². The summed E-state index contributed by atoms with van der Waals surface area (Å²) >= 11 is 0. The van der Waals surface area contributed by atoms with Crippen LogP contribution in [-0.2, 0) is 6.54 Å². The fourth-order valence-corrected chi connectivity index (χ4v) is 2.70. The van der Waals surface area contributed by atoms with E-state index in [0.717, 1.165) is 17.9 Å². The topological polar surface area (TPSA) is 61.4 Å². The third-order valence-electron chi connectivity index (χ3n) is 4.04. The molecule has 0 radical (unpaired) electrons. The Kier molecular flexibility index (Phi) is 4.13. The van der Waals surface area contributed by atoms with Crippen molar-refractivity contribution in [2.24, 2.45) is 0 Å². The molecule has 1 atom stereocenters. The summed E-state index contributed by atoms with van der Waals surface area (Å²) in [7, 11) is 0. The average molecular weight is 305 g/mol. The zero-order valence-electron chi connectivity index (χ0n) is 12.6. The van der Waals surface area contributed by atoms with Crippen LogP contribution in [0.2, 0.25) is 0 Å². The van der Waals surface area contributed by atoms with Crippen LogP contribution in [-0.4, -0.2) is 45.3 Å². The Bertz CT molecular complexity index is 629. The lowest BCUT2D eigenvalue weighted by molar-refractivity contribution is 0.00328. The maximum atomic E-state index is 12.8. The molecular formula is C16H20FN3O2.